The van der Waals surface area contributed by atoms with Gasteiger partial charge in [0.15, 0.2) is 5.82 Å². The number of H-pyrrole nitrogens is 1. The molecule has 1 heterocycles. The van der Waals surface area contributed by atoms with Crippen LogP contribution in [0.1, 0.15) is 23.6 Å². The van der Waals surface area contributed by atoms with Crippen LogP contribution >= 0.6 is 0 Å². The van der Waals surface area contributed by atoms with Crippen LogP contribution in [0.15, 0.2) is 47.4 Å². The number of hydrogen-bond donors (Lipinski definition) is 2. The van der Waals surface area contributed by atoms with Gasteiger partial charge >= 0.3 is 6.18 Å². The fourth-order valence-corrected chi connectivity index (χ4v) is 3.57. The van der Waals surface area contributed by atoms with E-state index in [0.717, 1.165) is 6.07 Å². The molecule has 0 aliphatic rings. The molecule has 0 aliphatic heterocycles. The first-order valence-corrected chi connectivity index (χ1v) is 10.9. The van der Waals surface area contributed by atoms with Crippen LogP contribution in [-0.4, -0.2) is 36.5 Å². The van der Waals surface area contributed by atoms with Crippen molar-refractivity contribution in [2.45, 2.75) is 26.1 Å². The number of aromatic nitrogens is 1. The molecule has 0 saturated heterocycles. The molecular formula is C25H24F5N3O3. The summed E-state index contributed by atoms with van der Waals surface area (Å²) in [6.45, 7) is 1.88. The number of amides is 1. The molecule has 0 aliphatic carbocycles. The number of hydrogen-bond acceptors (Lipinski definition) is 4. The number of rotatable bonds is 8. The molecule has 2 N–H and O–H groups in total. The lowest BCUT2D eigenvalue weighted by Crippen LogP contribution is -2.19. The van der Waals surface area contributed by atoms with Crippen molar-refractivity contribution in [2.24, 2.45) is 0 Å². The minimum absolute atomic E-state index is 0.0560. The van der Waals surface area contributed by atoms with E-state index >= 15 is 0 Å². The van der Waals surface area contributed by atoms with Crippen molar-refractivity contribution < 1.29 is 31.5 Å². The van der Waals surface area contributed by atoms with Gasteiger partial charge in [0, 0.05) is 29.9 Å². The van der Waals surface area contributed by atoms with Gasteiger partial charge in [0.05, 0.1) is 24.3 Å². The predicted molar refractivity (Wildman–Crippen MR) is 125 cm³/mol. The van der Waals surface area contributed by atoms with Crippen LogP contribution in [0, 0.1) is 11.6 Å². The lowest BCUT2D eigenvalue weighted by molar-refractivity contribution is -0.137. The molecular weight excluding hydrogens is 485 g/mol. The zero-order valence-corrected chi connectivity index (χ0v) is 19.7. The number of anilines is 1. The molecule has 0 spiro atoms. The third-order valence-electron chi connectivity index (χ3n) is 5.14. The highest BCUT2D eigenvalue weighted by Crippen LogP contribution is 2.34. The van der Waals surface area contributed by atoms with E-state index in [1.807, 2.05) is 0 Å². The van der Waals surface area contributed by atoms with E-state index in [0.29, 0.717) is 23.3 Å². The monoisotopic (exact) mass is 509 g/mol. The second kappa shape index (κ2) is 10.9. The number of benzene rings is 2. The fourth-order valence-electron chi connectivity index (χ4n) is 3.57. The van der Waals surface area contributed by atoms with Crippen LogP contribution in [0.3, 0.4) is 0 Å². The van der Waals surface area contributed by atoms with Gasteiger partial charge in [-0.2, -0.15) is 13.2 Å². The minimum atomic E-state index is -4.75. The molecule has 3 aromatic rings. The van der Waals surface area contributed by atoms with Gasteiger partial charge in [-0.3, -0.25) is 9.59 Å². The van der Waals surface area contributed by atoms with Gasteiger partial charge in [0.25, 0.3) is 5.56 Å². The van der Waals surface area contributed by atoms with Gasteiger partial charge in [-0.1, -0.05) is 12.1 Å². The number of halogens is 5. The maximum Gasteiger partial charge on any atom is 0.416 e. The molecule has 192 valence electrons. The largest absolute Gasteiger partial charge is 0.493 e. The molecule has 0 saturated carbocycles. The van der Waals surface area contributed by atoms with Crippen molar-refractivity contribution in [1.82, 2.24) is 9.88 Å². The first-order valence-electron chi connectivity index (χ1n) is 10.9. The summed E-state index contributed by atoms with van der Waals surface area (Å²) in [5.74, 6) is -2.41. The lowest BCUT2D eigenvalue weighted by Gasteiger charge is -2.17. The van der Waals surface area contributed by atoms with Gasteiger partial charge < -0.3 is 19.9 Å². The summed E-state index contributed by atoms with van der Waals surface area (Å²) in [4.78, 5) is 28.1. The van der Waals surface area contributed by atoms with Gasteiger partial charge in [0.1, 0.15) is 11.6 Å². The molecule has 0 radical (unpaired) electrons. The third-order valence-corrected chi connectivity index (χ3v) is 5.14. The summed E-state index contributed by atoms with van der Waals surface area (Å²) >= 11 is 0. The summed E-state index contributed by atoms with van der Waals surface area (Å²) in [5.41, 5.74) is -1.66. The SMILES string of the molecule is CCOc1cc(=O)[nH]cc1-c1ccc(CC(=O)Nc2cc(C(F)(F)F)cc(CN(C)C)c2F)c(F)c1. The molecule has 11 heteroatoms. The third kappa shape index (κ3) is 6.48. The first kappa shape index (κ1) is 26.9. The lowest BCUT2D eigenvalue weighted by atomic mass is 10.0. The number of carbonyl (C=O) groups excluding carboxylic acids is 1. The number of nitrogens with zero attached hydrogens (tertiary/aromatic N) is 1. The Hall–Kier alpha value is -3.73. The van der Waals surface area contributed by atoms with E-state index in [2.05, 4.69) is 10.3 Å². The van der Waals surface area contributed by atoms with Crippen molar-refractivity contribution >= 4 is 11.6 Å². The molecule has 3 rings (SSSR count). The van der Waals surface area contributed by atoms with E-state index < -0.39 is 46.9 Å². The maximum atomic E-state index is 14.8. The van der Waals surface area contributed by atoms with Crippen LogP contribution in [0.4, 0.5) is 27.6 Å². The average molecular weight is 509 g/mol. The number of alkyl halides is 3. The van der Waals surface area contributed by atoms with E-state index in [1.165, 1.54) is 29.3 Å². The fraction of sp³-hybridized carbons (Fsp3) is 0.280. The molecule has 36 heavy (non-hydrogen) atoms. The van der Waals surface area contributed by atoms with Gasteiger partial charge in [-0.15, -0.1) is 0 Å². The molecule has 1 aromatic heterocycles. The zero-order chi connectivity index (χ0) is 26.6. The highest BCUT2D eigenvalue weighted by Gasteiger charge is 2.32. The highest BCUT2D eigenvalue weighted by atomic mass is 19.4. The van der Waals surface area contributed by atoms with E-state index in [-0.39, 0.29) is 30.0 Å². The molecule has 0 bridgehead atoms. The Morgan fingerprint density at radius 3 is 2.42 bits per heavy atom. The Balaban J connectivity index is 1.85. The summed E-state index contributed by atoms with van der Waals surface area (Å²) in [7, 11) is 3.13. The molecule has 0 unspecified atom stereocenters. The zero-order valence-electron chi connectivity index (χ0n) is 19.7. The Bertz CT molecular complexity index is 1320. The Morgan fingerprint density at radius 1 is 1.08 bits per heavy atom. The Morgan fingerprint density at radius 2 is 1.81 bits per heavy atom. The van der Waals surface area contributed by atoms with Gasteiger partial charge in [0.2, 0.25) is 5.91 Å². The number of carbonyl (C=O) groups is 1. The van der Waals surface area contributed by atoms with Crippen LogP contribution in [0.25, 0.3) is 11.1 Å². The van der Waals surface area contributed by atoms with Crippen molar-refractivity contribution in [3.8, 4) is 16.9 Å². The van der Waals surface area contributed by atoms with E-state index in [4.69, 9.17) is 4.74 Å². The average Bonchev–Trinajstić information content (AvgIpc) is 2.77. The highest BCUT2D eigenvalue weighted by molar-refractivity contribution is 5.92. The molecule has 0 fully saturated rings. The van der Waals surface area contributed by atoms with Crippen LogP contribution in [0.5, 0.6) is 5.75 Å². The summed E-state index contributed by atoms with van der Waals surface area (Å²) in [5, 5.41) is 2.13. The van der Waals surface area contributed by atoms with Crippen molar-refractivity contribution in [3.63, 3.8) is 0 Å². The summed E-state index contributed by atoms with van der Waals surface area (Å²) < 4.78 is 75.0. The first-order chi connectivity index (χ1) is 16.9. The number of ether oxygens (including phenoxy) is 1. The number of nitrogens with one attached hydrogen (secondary N) is 2. The molecule has 1 amide bonds. The standard InChI is InChI=1S/C25H24F5N3O3/c1-4-36-21-11-22(34)31-12-18(21)14-5-6-15(19(26)8-14)9-23(35)32-20-10-17(25(28,29)30)7-16(24(20)27)13-33(2)3/h5-8,10-12H,4,9,13H2,1-3H3,(H,31,34)(H,32,35). The van der Waals surface area contributed by atoms with Crippen molar-refractivity contribution in [3.05, 3.63) is 81.3 Å². The normalized spacial score (nSPS) is 11.6. The van der Waals surface area contributed by atoms with Crippen LogP contribution < -0.4 is 15.6 Å². The second-order valence-electron chi connectivity index (χ2n) is 8.27. The smallest absolute Gasteiger partial charge is 0.416 e. The second-order valence-corrected chi connectivity index (χ2v) is 8.27. The number of pyridine rings is 1. The Labute approximate surface area is 203 Å². The summed E-state index contributed by atoms with van der Waals surface area (Å²) in [6.07, 6.45) is -3.93. The van der Waals surface area contributed by atoms with Crippen molar-refractivity contribution in [1.29, 1.82) is 0 Å². The van der Waals surface area contributed by atoms with Gasteiger partial charge in [-0.25, -0.2) is 8.78 Å². The maximum absolute atomic E-state index is 14.8. The quantitative estimate of drug-likeness (QED) is 0.420. The predicted octanol–water partition coefficient (Wildman–Crippen LogP) is 4.98. The summed E-state index contributed by atoms with van der Waals surface area (Å²) in [6, 6.07) is 6.39. The van der Waals surface area contributed by atoms with E-state index in [1.54, 1.807) is 21.0 Å². The number of aromatic amines is 1. The van der Waals surface area contributed by atoms with Gasteiger partial charge in [-0.05, 0) is 50.3 Å². The molecule has 0 atom stereocenters. The topological polar surface area (TPSA) is 74.4 Å². The van der Waals surface area contributed by atoms with Crippen LogP contribution in [-0.2, 0) is 23.9 Å². The van der Waals surface area contributed by atoms with Crippen molar-refractivity contribution in [2.75, 3.05) is 26.0 Å². The molecule has 6 nitrogen and oxygen atoms in total. The van der Waals surface area contributed by atoms with Crippen LogP contribution in [0.2, 0.25) is 0 Å². The minimum Gasteiger partial charge on any atom is -0.493 e. The van der Waals surface area contributed by atoms with E-state index in [9.17, 15) is 31.5 Å². The Kier molecular flexibility index (Phi) is 8.13. The molecule has 2 aromatic carbocycles.